The molecule has 0 aliphatic carbocycles. The zero-order chi connectivity index (χ0) is 14.1. The van der Waals surface area contributed by atoms with Crippen molar-refractivity contribution in [3.63, 3.8) is 0 Å². The largest absolute Gasteiger partial charge is 0.380 e. The van der Waals surface area contributed by atoms with Crippen molar-refractivity contribution in [1.29, 1.82) is 0 Å². The summed E-state index contributed by atoms with van der Waals surface area (Å²) in [6, 6.07) is 14.3. The van der Waals surface area contributed by atoms with Crippen LogP contribution in [0.4, 0.5) is 10.2 Å². The van der Waals surface area contributed by atoms with E-state index in [1.54, 1.807) is 0 Å². The van der Waals surface area contributed by atoms with E-state index in [0.29, 0.717) is 22.7 Å². The first kappa shape index (κ1) is 12.4. The maximum Gasteiger partial charge on any atom is 0.177 e. The molecule has 20 heavy (non-hydrogen) atoms. The van der Waals surface area contributed by atoms with Crippen LogP contribution in [0, 0.1) is 12.7 Å². The van der Waals surface area contributed by atoms with Gasteiger partial charge in [0, 0.05) is 5.56 Å². The number of nitrogens with zero attached hydrogens (tertiary/aromatic N) is 1. The Morgan fingerprint density at radius 3 is 2.50 bits per heavy atom. The van der Waals surface area contributed by atoms with Gasteiger partial charge in [0.05, 0.1) is 5.56 Å². The summed E-state index contributed by atoms with van der Waals surface area (Å²) in [7, 11) is 0. The minimum absolute atomic E-state index is 0.299. The van der Waals surface area contributed by atoms with Gasteiger partial charge in [0.25, 0.3) is 0 Å². The van der Waals surface area contributed by atoms with Crippen molar-refractivity contribution < 1.29 is 8.91 Å². The summed E-state index contributed by atoms with van der Waals surface area (Å²) in [4.78, 5) is 0. The van der Waals surface area contributed by atoms with E-state index < -0.39 is 0 Å². The summed E-state index contributed by atoms with van der Waals surface area (Å²) in [6.45, 7) is 1.83. The highest BCUT2D eigenvalue weighted by Gasteiger charge is 2.18. The van der Waals surface area contributed by atoms with Crippen molar-refractivity contribution in [2.24, 2.45) is 0 Å². The van der Waals surface area contributed by atoms with E-state index in [1.807, 2.05) is 43.3 Å². The normalized spacial score (nSPS) is 10.7. The van der Waals surface area contributed by atoms with E-state index in [1.165, 1.54) is 12.1 Å². The molecular formula is C16H13FN2O. The Bertz CT molecular complexity index is 730. The van der Waals surface area contributed by atoms with Crippen molar-refractivity contribution in [2.45, 2.75) is 6.92 Å². The quantitative estimate of drug-likeness (QED) is 0.763. The predicted octanol–water partition coefficient (Wildman–Crippen LogP) is 4.04. The minimum Gasteiger partial charge on any atom is -0.380 e. The number of hydrogen-bond acceptors (Lipinski definition) is 3. The Hall–Kier alpha value is -2.62. The van der Waals surface area contributed by atoms with Gasteiger partial charge in [-0.3, -0.25) is 0 Å². The Kier molecular flexibility index (Phi) is 2.99. The van der Waals surface area contributed by atoms with E-state index in [2.05, 4.69) is 5.16 Å². The van der Waals surface area contributed by atoms with Crippen molar-refractivity contribution in [2.75, 3.05) is 5.73 Å². The molecule has 0 saturated heterocycles. The highest BCUT2D eigenvalue weighted by Crippen LogP contribution is 2.36. The lowest BCUT2D eigenvalue weighted by molar-refractivity contribution is 0.435. The first-order chi connectivity index (χ1) is 9.65. The van der Waals surface area contributed by atoms with E-state index in [-0.39, 0.29) is 5.82 Å². The SMILES string of the molecule is Cc1cc(F)cc(-c2onc(N)c2-c2ccccc2)c1. The number of anilines is 1. The molecule has 4 heteroatoms. The van der Waals surface area contributed by atoms with Crippen LogP contribution in [0.3, 0.4) is 0 Å². The van der Waals surface area contributed by atoms with E-state index in [0.717, 1.165) is 11.1 Å². The number of benzene rings is 2. The molecule has 2 aromatic carbocycles. The van der Waals surface area contributed by atoms with Crippen LogP contribution < -0.4 is 5.73 Å². The number of rotatable bonds is 2. The Morgan fingerprint density at radius 1 is 1.05 bits per heavy atom. The third-order valence-corrected chi connectivity index (χ3v) is 3.09. The average Bonchev–Trinajstić information content (AvgIpc) is 2.80. The summed E-state index contributed by atoms with van der Waals surface area (Å²) in [5.74, 6) is 0.471. The third kappa shape index (κ3) is 2.16. The molecule has 100 valence electrons. The lowest BCUT2D eigenvalue weighted by Gasteiger charge is -2.04. The smallest absolute Gasteiger partial charge is 0.177 e. The minimum atomic E-state index is -0.311. The second-order valence-electron chi connectivity index (χ2n) is 4.66. The van der Waals surface area contributed by atoms with Gasteiger partial charge in [-0.15, -0.1) is 0 Å². The van der Waals surface area contributed by atoms with Crippen LogP contribution >= 0.6 is 0 Å². The summed E-state index contributed by atoms with van der Waals surface area (Å²) < 4.78 is 18.9. The lowest BCUT2D eigenvalue weighted by Crippen LogP contribution is -1.89. The van der Waals surface area contributed by atoms with Crippen molar-refractivity contribution >= 4 is 5.82 Å². The van der Waals surface area contributed by atoms with E-state index in [4.69, 9.17) is 10.3 Å². The molecule has 3 aromatic rings. The van der Waals surface area contributed by atoms with Gasteiger partial charge in [0.1, 0.15) is 5.82 Å². The Morgan fingerprint density at radius 2 is 1.80 bits per heavy atom. The predicted molar refractivity (Wildman–Crippen MR) is 76.5 cm³/mol. The monoisotopic (exact) mass is 268 g/mol. The van der Waals surface area contributed by atoms with Crippen LogP contribution in [0.15, 0.2) is 53.1 Å². The first-order valence-corrected chi connectivity index (χ1v) is 6.23. The third-order valence-electron chi connectivity index (χ3n) is 3.09. The van der Waals surface area contributed by atoms with Crippen LogP contribution in [0.25, 0.3) is 22.5 Å². The maximum absolute atomic E-state index is 13.6. The number of halogens is 1. The molecule has 0 bridgehead atoms. The molecule has 0 atom stereocenters. The number of aryl methyl sites for hydroxylation is 1. The maximum atomic E-state index is 13.6. The molecule has 3 nitrogen and oxygen atoms in total. The van der Waals surface area contributed by atoms with Crippen molar-refractivity contribution in [3.8, 4) is 22.5 Å². The van der Waals surface area contributed by atoms with Gasteiger partial charge in [-0.25, -0.2) is 4.39 Å². The van der Waals surface area contributed by atoms with Crippen LogP contribution in [0.2, 0.25) is 0 Å². The number of hydrogen-bond donors (Lipinski definition) is 1. The summed E-state index contributed by atoms with van der Waals surface area (Å²) in [5.41, 5.74) is 8.91. The Labute approximate surface area is 115 Å². The first-order valence-electron chi connectivity index (χ1n) is 6.23. The fraction of sp³-hybridized carbons (Fsp3) is 0.0625. The summed E-state index contributed by atoms with van der Waals surface area (Å²) in [6.07, 6.45) is 0. The fourth-order valence-corrected chi connectivity index (χ4v) is 2.25. The van der Waals surface area contributed by atoms with Crippen LogP contribution in [-0.4, -0.2) is 5.16 Å². The zero-order valence-electron chi connectivity index (χ0n) is 10.9. The molecule has 0 amide bonds. The van der Waals surface area contributed by atoms with Gasteiger partial charge in [-0.2, -0.15) is 0 Å². The van der Waals surface area contributed by atoms with Crippen LogP contribution in [0.1, 0.15) is 5.56 Å². The molecule has 0 spiro atoms. The van der Waals surface area contributed by atoms with Crippen molar-refractivity contribution in [3.05, 3.63) is 59.9 Å². The molecule has 1 heterocycles. The standard InChI is InChI=1S/C16H13FN2O/c1-10-7-12(9-13(17)8-10)15-14(16(18)19-20-15)11-5-3-2-4-6-11/h2-9H,1H3,(H2,18,19). The highest BCUT2D eigenvalue weighted by molar-refractivity contribution is 5.86. The van der Waals surface area contributed by atoms with Gasteiger partial charge >= 0.3 is 0 Å². The van der Waals surface area contributed by atoms with E-state index in [9.17, 15) is 4.39 Å². The van der Waals surface area contributed by atoms with Crippen molar-refractivity contribution in [1.82, 2.24) is 5.16 Å². The molecule has 3 rings (SSSR count). The topological polar surface area (TPSA) is 52.0 Å². The lowest BCUT2D eigenvalue weighted by atomic mass is 10.0. The molecule has 0 fully saturated rings. The summed E-state index contributed by atoms with van der Waals surface area (Å²) >= 11 is 0. The van der Waals surface area contributed by atoms with Crippen LogP contribution in [0.5, 0.6) is 0 Å². The summed E-state index contributed by atoms with van der Waals surface area (Å²) in [5, 5.41) is 3.81. The fourth-order valence-electron chi connectivity index (χ4n) is 2.25. The van der Waals surface area contributed by atoms with E-state index >= 15 is 0 Å². The van der Waals surface area contributed by atoms with Gasteiger partial charge in [0.15, 0.2) is 11.6 Å². The highest BCUT2D eigenvalue weighted by atomic mass is 19.1. The number of aromatic nitrogens is 1. The molecule has 0 unspecified atom stereocenters. The molecular weight excluding hydrogens is 255 g/mol. The van der Waals surface area contributed by atoms with Gasteiger partial charge in [-0.05, 0) is 36.2 Å². The molecule has 0 aliphatic heterocycles. The molecule has 2 N–H and O–H groups in total. The van der Waals surface area contributed by atoms with Gasteiger partial charge in [-0.1, -0.05) is 35.5 Å². The zero-order valence-corrected chi connectivity index (χ0v) is 10.9. The molecule has 0 saturated carbocycles. The molecule has 1 aromatic heterocycles. The average molecular weight is 268 g/mol. The second kappa shape index (κ2) is 4.81. The van der Waals surface area contributed by atoms with Gasteiger partial charge in [0.2, 0.25) is 0 Å². The Balaban J connectivity index is 2.21. The number of nitrogens with two attached hydrogens (primary N) is 1. The second-order valence-corrected chi connectivity index (χ2v) is 4.66. The van der Waals surface area contributed by atoms with Gasteiger partial charge < -0.3 is 10.3 Å². The number of nitrogen functional groups attached to an aromatic ring is 1. The molecule has 0 radical (unpaired) electrons. The molecule has 0 aliphatic rings. The van der Waals surface area contributed by atoms with Crippen LogP contribution in [-0.2, 0) is 0 Å².